The molecule has 1 atom stereocenters. The largest absolute Gasteiger partial charge is 0.350 e. The van der Waals surface area contributed by atoms with E-state index in [4.69, 9.17) is 11.6 Å². The molecule has 1 N–H and O–H groups in total. The first-order valence-corrected chi connectivity index (χ1v) is 6.66. The molecule has 1 unspecified atom stereocenters. The summed E-state index contributed by atoms with van der Waals surface area (Å²) >= 11 is 9.58. The summed E-state index contributed by atoms with van der Waals surface area (Å²) in [4.78, 5) is 11.9. The number of nitrogens with one attached hydrogen (secondary N) is 1. The molecule has 0 aliphatic carbocycles. The van der Waals surface area contributed by atoms with Crippen LogP contribution >= 0.6 is 27.5 Å². The Kier molecular flexibility index (Phi) is 4.62. The first-order chi connectivity index (χ1) is 7.70. The van der Waals surface area contributed by atoms with Crippen LogP contribution in [0, 0.1) is 6.92 Å². The maximum Gasteiger partial charge on any atom is 0.242 e. The topological polar surface area (TPSA) is 29.1 Å². The van der Waals surface area contributed by atoms with Crippen LogP contribution in [0.3, 0.4) is 0 Å². The zero-order chi connectivity index (χ0) is 13.2. The lowest BCUT2D eigenvalue weighted by molar-refractivity contribution is -0.122. The van der Waals surface area contributed by atoms with Gasteiger partial charge in [0.1, 0.15) is 5.38 Å². The number of hydrogen-bond donors (Lipinski definition) is 1. The summed E-state index contributed by atoms with van der Waals surface area (Å²) < 4.78 is 1.02. The highest BCUT2D eigenvalue weighted by atomic mass is 79.9. The number of amides is 1. The molecule has 0 heterocycles. The van der Waals surface area contributed by atoms with Crippen LogP contribution in [0.25, 0.3) is 0 Å². The molecule has 17 heavy (non-hydrogen) atoms. The molecule has 0 radical (unpaired) electrons. The molecule has 0 fully saturated rings. The maximum atomic E-state index is 11.9. The SMILES string of the molecule is Cc1cc(C(Cl)C(=O)NC(C)(C)C)ccc1Br. The molecule has 0 saturated carbocycles. The highest BCUT2D eigenvalue weighted by Crippen LogP contribution is 2.26. The number of rotatable bonds is 2. The van der Waals surface area contributed by atoms with E-state index in [0.29, 0.717) is 0 Å². The normalized spacial score (nSPS) is 13.3. The molecule has 1 amide bonds. The van der Waals surface area contributed by atoms with Crippen LogP contribution in [0.5, 0.6) is 0 Å². The number of hydrogen-bond acceptors (Lipinski definition) is 1. The molecule has 0 aliphatic rings. The van der Waals surface area contributed by atoms with Gasteiger partial charge >= 0.3 is 0 Å². The standard InChI is InChI=1S/C13H17BrClNO/c1-8-7-9(5-6-10(8)14)11(15)12(17)16-13(2,3)4/h5-7,11H,1-4H3,(H,16,17). The highest BCUT2D eigenvalue weighted by molar-refractivity contribution is 9.10. The minimum atomic E-state index is -0.652. The van der Waals surface area contributed by atoms with Gasteiger partial charge in [-0.2, -0.15) is 0 Å². The zero-order valence-electron chi connectivity index (χ0n) is 10.5. The lowest BCUT2D eigenvalue weighted by Gasteiger charge is -2.22. The van der Waals surface area contributed by atoms with Crippen molar-refractivity contribution < 1.29 is 4.79 Å². The summed E-state index contributed by atoms with van der Waals surface area (Å²) in [5, 5.41) is 2.22. The van der Waals surface area contributed by atoms with Crippen LogP contribution in [-0.2, 0) is 4.79 Å². The minimum Gasteiger partial charge on any atom is -0.350 e. The van der Waals surface area contributed by atoms with Crippen LogP contribution in [0.2, 0.25) is 0 Å². The fourth-order valence-electron chi connectivity index (χ4n) is 1.41. The second kappa shape index (κ2) is 5.40. The molecule has 0 bridgehead atoms. The minimum absolute atomic E-state index is 0.166. The third kappa shape index (κ3) is 4.32. The van der Waals surface area contributed by atoms with Gasteiger partial charge in [0, 0.05) is 10.0 Å². The molecule has 94 valence electrons. The molecular weight excluding hydrogens is 302 g/mol. The quantitative estimate of drug-likeness (QED) is 0.822. The molecule has 1 rings (SSSR count). The van der Waals surface area contributed by atoms with Crippen LogP contribution in [0.4, 0.5) is 0 Å². The van der Waals surface area contributed by atoms with Gasteiger partial charge in [0.05, 0.1) is 0 Å². The summed E-state index contributed by atoms with van der Waals surface area (Å²) in [5.74, 6) is -0.166. The number of carbonyl (C=O) groups excluding carboxylic acids is 1. The molecule has 1 aromatic rings. The monoisotopic (exact) mass is 317 g/mol. The second-order valence-corrected chi connectivity index (χ2v) is 6.40. The number of benzene rings is 1. The van der Waals surface area contributed by atoms with Crippen molar-refractivity contribution in [1.29, 1.82) is 0 Å². The fourth-order valence-corrected chi connectivity index (χ4v) is 1.85. The van der Waals surface area contributed by atoms with Crippen molar-refractivity contribution in [2.75, 3.05) is 0 Å². The number of alkyl halides is 1. The average molecular weight is 319 g/mol. The third-order valence-corrected chi connectivity index (χ3v) is 3.54. The van der Waals surface area contributed by atoms with Gasteiger partial charge in [-0.15, -0.1) is 11.6 Å². The number of carbonyl (C=O) groups is 1. The highest BCUT2D eigenvalue weighted by Gasteiger charge is 2.22. The fraction of sp³-hybridized carbons (Fsp3) is 0.462. The Bertz CT molecular complexity index is 426. The Morgan fingerprint density at radius 1 is 1.41 bits per heavy atom. The van der Waals surface area contributed by atoms with Crippen molar-refractivity contribution in [3.8, 4) is 0 Å². The van der Waals surface area contributed by atoms with Gasteiger partial charge in [0.25, 0.3) is 0 Å². The van der Waals surface area contributed by atoms with Crippen molar-refractivity contribution in [3.05, 3.63) is 33.8 Å². The number of halogens is 2. The molecule has 1 aromatic carbocycles. The summed E-state index contributed by atoms with van der Waals surface area (Å²) in [5.41, 5.74) is 1.61. The van der Waals surface area contributed by atoms with Crippen LogP contribution in [-0.4, -0.2) is 11.4 Å². The van der Waals surface area contributed by atoms with Gasteiger partial charge < -0.3 is 5.32 Å². The Morgan fingerprint density at radius 2 is 2.00 bits per heavy atom. The lowest BCUT2D eigenvalue weighted by Crippen LogP contribution is -2.42. The smallest absolute Gasteiger partial charge is 0.242 e. The Balaban J connectivity index is 2.85. The van der Waals surface area contributed by atoms with E-state index in [1.54, 1.807) is 0 Å². The second-order valence-electron chi connectivity index (χ2n) is 5.11. The first kappa shape index (κ1) is 14.5. The van der Waals surface area contributed by atoms with Crippen molar-refractivity contribution in [1.82, 2.24) is 5.32 Å². The predicted octanol–water partition coefficient (Wildman–Crippen LogP) is 3.95. The van der Waals surface area contributed by atoms with E-state index >= 15 is 0 Å². The average Bonchev–Trinajstić information content (AvgIpc) is 2.18. The first-order valence-electron chi connectivity index (χ1n) is 5.43. The summed E-state index contributed by atoms with van der Waals surface area (Å²) in [6, 6.07) is 5.69. The summed E-state index contributed by atoms with van der Waals surface area (Å²) in [7, 11) is 0. The van der Waals surface area contributed by atoms with Crippen molar-refractivity contribution in [2.45, 2.75) is 38.6 Å². The van der Waals surface area contributed by atoms with Crippen LogP contribution in [0.15, 0.2) is 22.7 Å². The van der Waals surface area contributed by atoms with E-state index in [9.17, 15) is 4.79 Å². The third-order valence-electron chi connectivity index (χ3n) is 2.20. The van der Waals surface area contributed by atoms with Crippen LogP contribution in [0.1, 0.15) is 37.3 Å². The predicted molar refractivity (Wildman–Crippen MR) is 75.4 cm³/mol. The van der Waals surface area contributed by atoms with Gasteiger partial charge in [-0.1, -0.05) is 28.1 Å². The van der Waals surface area contributed by atoms with Crippen LogP contribution < -0.4 is 5.32 Å². The van der Waals surface area contributed by atoms with E-state index in [0.717, 1.165) is 15.6 Å². The molecule has 0 aromatic heterocycles. The lowest BCUT2D eigenvalue weighted by atomic mass is 10.1. The summed E-state index contributed by atoms with van der Waals surface area (Å²) in [6.07, 6.45) is 0. The van der Waals surface area contributed by atoms with Gasteiger partial charge in [-0.25, -0.2) is 0 Å². The van der Waals surface area contributed by atoms with Gasteiger partial charge in [-0.05, 0) is 44.9 Å². The van der Waals surface area contributed by atoms with Crippen molar-refractivity contribution in [3.63, 3.8) is 0 Å². The Labute approximate surface area is 116 Å². The molecule has 2 nitrogen and oxygen atoms in total. The van der Waals surface area contributed by atoms with E-state index < -0.39 is 5.38 Å². The molecule has 0 saturated heterocycles. The van der Waals surface area contributed by atoms with Gasteiger partial charge in [0.15, 0.2) is 0 Å². The Morgan fingerprint density at radius 3 is 2.47 bits per heavy atom. The van der Waals surface area contributed by atoms with E-state index in [-0.39, 0.29) is 11.4 Å². The van der Waals surface area contributed by atoms with E-state index in [1.165, 1.54) is 0 Å². The van der Waals surface area contributed by atoms with Gasteiger partial charge in [-0.3, -0.25) is 4.79 Å². The maximum absolute atomic E-state index is 11.9. The van der Waals surface area contributed by atoms with E-state index in [2.05, 4.69) is 21.2 Å². The molecule has 0 spiro atoms. The summed E-state index contributed by atoms with van der Waals surface area (Å²) in [6.45, 7) is 7.77. The Hall–Kier alpha value is -0.540. The van der Waals surface area contributed by atoms with Crippen molar-refractivity contribution in [2.24, 2.45) is 0 Å². The molecule has 0 aliphatic heterocycles. The van der Waals surface area contributed by atoms with Crippen molar-refractivity contribution >= 4 is 33.4 Å². The molecule has 4 heteroatoms. The van der Waals surface area contributed by atoms with E-state index in [1.807, 2.05) is 45.9 Å². The number of aryl methyl sites for hydroxylation is 1. The van der Waals surface area contributed by atoms with Gasteiger partial charge in [0.2, 0.25) is 5.91 Å². The molecular formula is C13H17BrClNO. The zero-order valence-corrected chi connectivity index (χ0v) is 12.8.